The molecule has 136 valence electrons. The van der Waals surface area contributed by atoms with Crippen LogP contribution < -0.4 is 11.2 Å². The van der Waals surface area contributed by atoms with Gasteiger partial charge in [-0.05, 0) is 13.8 Å². The van der Waals surface area contributed by atoms with Crippen molar-refractivity contribution in [2.75, 3.05) is 6.61 Å². The second kappa shape index (κ2) is 6.19. The van der Waals surface area contributed by atoms with Gasteiger partial charge in [0.05, 0.1) is 18.9 Å². The molecule has 4 N–H and O–H groups in total. The molecule has 0 spiro atoms. The van der Waals surface area contributed by atoms with Gasteiger partial charge in [0.25, 0.3) is 5.56 Å². The number of aromatic nitrogens is 5. The number of ether oxygens (including phenoxy) is 1. The second-order valence-electron chi connectivity index (χ2n) is 6.07. The van der Waals surface area contributed by atoms with Crippen LogP contribution in [0.1, 0.15) is 36.9 Å². The maximum absolute atomic E-state index is 12.0. The van der Waals surface area contributed by atoms with Gasteiger partial charge in [0, 0.05) is 18.2 Å². The molecule has 3 rings (SSSR count). The number of nitrogens with zero attached hydrogens (tertiary/aromatic N) is 4. The molecule has 11 heteroatoms. The second-order valence-corrected chi connectivity index (χ2v) is 6.07. The fourth-order valence-electron chi connectivity index (χ4n) is 2.78. The van der Waals surface area contributed by atoms with Crippen LogP contribution in [0.3, 0.4) is 0 Å². The molecule has 25 heavy (non-hydrogen) atoms. The molecule has 2 aromatic rings. The van der Waals surface area contributed by atoms with E-state index in [4.69, 9.17) is 4.74 Å². The zero-order valence-electron chi connectivity index (χ0n) is 13.7. The first-order chi connectivity index (χ1) is 11.8. The highest BCUT2D eigenvalue weighted by Crippen LogP contribution is 2.39. The van der Waals surface area contributed by atoms with Gasteiger partial charge in [0.2, 0.25) is 5.72 Å². The first-order valence-corrected chi connectivity index (χ1v) is 7.68. The molecule has 0 bridgehead atoms. The van der Waals surface area contributed by atoms with Gasteiger partial charge in [-0.2, -0.15) is 0 Å². The summed E-state index contributed by atoms with van der Waals surface area (Å²) in [5.74, 6) is 0. The summed E-state index contributed by atoms with van der Waals surface area (Å²) in [6.07, 6.45) is -0.351. The zero-order valence-corrected chi connectivity index (χ0v) is 13.7. The van der Waals surface area contributed by atoms with Crippen molar-refractivity contribution in [2.24, 2.45) is 0 Å². The molecule has 3 heterocycles. The van der Waals surface area contributed by atoms with E-state index in [9.17, 15) is 24.9 Å². The summed E-state index contributed by atoms with van der Waals surface area (Å²) in [5.41, 5.74) is -2.31. The average Bonchev–Trinajstić information content (AvgIpc) is 3.16. The first kappa shape index (κ1) is 17.5. The zero-order chi connectivity index (χ0) is 18.4. The third kappa shape index (κ3) is 2.80. The minimum atomic E-state index is -1.66. The Balaban J connectivity index is 2.00. The van der Waals surface area contributed by atoms with Crippen LogP contribution in [0.15, 0.2) is 22.0 Å². The summed E-state index contributed by atoms with van der Waals surface area (Å²) in [4.78, 5) is 25.7. The van der Waals surface area contributed by atoms with E-state index < -0.39 is 42.0 Å². The lowest BCUT2D eigenvalue weighted by molar-refractivity contribution is -0.187. The number of aromatic amines is 1. The van der Waals surface area contributed by atoms with E-state index in [0.29, 0.717) is 5.56 Å². The van der Waals surface area contributed by atoms with Crippen LogP contribution in [0.25, 0.3) is 0 Å². The van der Waals surface area contributed by atoms with Gasteiger partial charge in [-0.3, -0.25) is 14.3 Å². The van der Waals surface area contributed by atoms with E-state index in [1.807, 2.05) is 0 Å². The topological polar surface area (TPSA) is 155 Å². The van der Waals surface area contributed by atoms with Crippen LogP contribution in [0.5, 0.6) is 0 Å². The van der Waals surface area contributed by atoms with E-state index >= 15 is 0 Å². The summed E-state index contributed by atoms with van der Waals surface area (Å²) in [5, 5.41) is 37.5. The molecule has 0 saturated carbocycles. The molecule has 1 fully saturated rings. The molecular weight excluding hydrogens is 334 g/mol. The van der Waals surface area contributed by atoms with Crippen molar-refractivity contribution in [3.63, 3.8) is 0 Å². The van der Waals surface area contributed by atoms with E-state index in [0.717, 1.165) is 9.25 Å². The Morgan fingerprint density at radius 3 is 2.80 bits per heavy atom. The molecular formula is C14H19N5O6. The van der Waals surface area contributed by atoms with Crippen molar-refractivity contribution in [3.8, 4) is 0 Å². The molecule has 2 aromatic heterocycles. The minimum Gasteiger partial charge on any atom is -0.391 e. The lowest BCUT2D eigenvalue weighted by Crippen LogP contribution is -2.46. The maximum atomic E-state index is 12.0. The van der Waals surface area contributed by atoms with Crippen molar-refractivity contribution in [2.45, 2.75) is 44.4 Å². The van der Waals surface area contributed by atoms with Crippen molar-refractivity contribution in [1.82, 2.24) is 24.5 Å². The number of hydrogen-bond acceptors (Lipinski definition) is 8. The van der Waals surface area contributed by atoms with E-state index in [-0.39, 0.29) is 12.1 Å². The summed E-state index contributed by atoms with van der Waals surface area (Å²) in [6, 6.07) is 0. The Bertz CT molecular complexity index is 886. The lowest BCUT2D eigenvalue weighted by atomic mass is 10.1. The number of aliphatic hydroxyl groups excluding tert-OH is 3. The van der Waals surface area contributed by atoms with Crippen LogP contribution in [-0.4, -0.2) is 52.6 Å². The smallest absolute Gasteiger partial charge is 0.330 e. The highest BCUT2D eigenvalue weighted by Gasteiger charge is 2.51. The van der Waals surface area contributed by atoms with Crippen molar-refractivity contribution >= 4 is 0 Å². The van der Waals surface area contributed by atoms with Crippen LogP contribution in [-0.2, 0) is 10.5 Å². The van der Waals surface area contributed by atoms with Gasteiger partial charge < -0.3 is 20.1 Å². The summed E-state index contributed by atoms with van der Waals surface area (Å²) in [7, 11) is 0. The van der Waals surface area contributed by atoms with Gasteiger partial charge in [-0.1, -0.05) is 5.21 Å². The Labute approximate surface area is 141 Å². The van der Waals surface area contributed by atoms with Gasteiger partial charge in [-0.15, -0.1) is 5.10 Å². The molecule has 1 aliphatic heterocycles. The number of hydrogen-bond donors (Lipinski definition) is 4. The number of H-pyrrole nitrogens is 1. The standard InChI is InChI=1S/C14H19N5O6/c1-7-4-18(13(24)15-12(7)23)11-3-10(22)14(6-20,25-11)19-5-9(8(2)21)16-17-19/h4-5,8,10-11,20-22H,3,6H2,1-2H3,(H,15,23,24)/t8?,10-,11+,14+/m0/s1. The minimum absolute atomic E-state index is 0.0180. The first-order valence-electron chi connectivity index (χ1n) is 7.68. The van der Waals surface area contributed by atoms with Gasteiger partial charge in [0.15, 0.2) is 0 Å². The fraction of sp³-hybridized carbons (Fsp3) is 0.571. The van der Waals surface area contributed by atoms with Crippen molar-refractivity contribution in [1.29, 1.82) is 0 Å². The predicted octanol–water partition coefficient (Wildman–Crippen LogP) is -1.89. The Hall–Kier alpha value is -2.34. The summed E-state index contributed by atoms with van der Waals surface area (Å²) < 4.78 is 8.04. The molecule has 1 saturated heterocycles. The largest absolute Gasteiger partial charge is 0.391 e. The fourth-order valence-corrected chi connectivity index (χ4v) is 2.78. The third-order valence-corrected chi connectivity index (χ3v) is 4.30. The monoisotopic (exact) mass is 353 g/mol. The SMILES string of the molecule is Cc1cn([C@H]2C[C@H](O)[C@](CO)(n3cc(C(C)O)nn3)O2)c(=O)[nH]c1=O. The number of rotatable bonds is 4. The number of nitrogens with one attached hydrogen (secondary N) is 1. The Morgan fingerprint density at radius 2 is 2.20 bits per heavy atom. The predicted molar refractivity (Wildman–Crippen MR) is 82.5 cm³/mol. The van der Waals surface area contributed by atoms with Crippen molar-refractivity contribution in [3.05, 3.63) is 44.5 Å². The van der Waals surface area contributed by atoms with Gasteiger partial charge in [-0.25, -0.2) is 9.48 Å². The highest BCUT2D eigenvalue weighted by molar-refractivity contribution is 5.04. The van der Waals surface area contributed by atoms with Gasteiger partial charge in [0.1, 0.15) is 18.0 Å². The van der Waals surface area contributed by atoms with E-state index in [1.54, 1.807) is 0 Å². The normalized spacial score (nSPS) is 27.6. The van der Waals surface area contributed by atoms with Gasteiger partial charge >= 0.3 is 5.69 Å². The van der Waals surface area contributed by atoms with Crippen LogP contribution >= 0.6 is 0 Å². The lowest BCUT2D eigenvalue weighted by Gasteiger charge is -2.29. The molecule has 0 amide bonds. The number of aliphatic hydroxyl groups is 3. The van der Waals surface area contributed by atoms with Crippen LogP contribution in [0, 0.1) is 6.92 Å². The van der Waals surface area contributed by atoms with Crippen LogP contribution in [0.4, 0.5) is 0 Å². The summed E-state index contributed by atoms with van der Waals surface area (Å²) in [6.45, 7) is 2.40. The maximum Gasteiger partial charge on any atom is 0.330 e. The summed E-state index contributed by atoms with van der Waals surface area (Å²) >= 11 is 0. The third-order valence-electron chi connectivity index (χ3n) is 4.30. The number of aryl methyl sites for hydroxylation is 1. The molecule has 0 radical (unpaired) electrons. The molecule has 1 aliphatic rings. The molecule has 0 aliphatic carbocycles. The van der Waals surface area contributed by atoms with E-state index in [1.165, 1.54) is 26.2 Å². The average molecular weight is 353 g/mol. The Morgan fingerprint density at radius 1 is 1.48 bits per heavy atom. The molecule has 0 aromatic carbocycles. The van der Waals surface area contributed by atoms with E-state index in [2.05, 4.69) is 15.3 Å². The highest BCUT2D eigenvalue weighted by atomic mass is 16.6. The molecule has 1 unspecified atom stereocenters. The van der Waals surface area contributed by atoms with Crippen molar-refractivity contribution < 1.29 is 20.1 Å². The van der Waals surface area contributed by atoms with Crippen LogP contribution in [0.2, 0.25) is 0 Å². The quantitative estimate of drug-likeness (QED) is 0.497. The Kier molecular flexibility index (Phi) is 4.33. The molecule has 4 atom stereocenters. The molecule has 11 nitrogen and oxygen atoms in total.